The van der Waals surface area contributed by atoms with Crippen molar-refractivity contribution in [2.24, 2.45) is 18.9 Å². The van der Waals surface area contributed by atoms with Crippen LogP contribution in [0.3, 0.4) is 0 Å². The monoisotopic (exact) mass is 258 g/mol. The predicted octanol–water partition coefficient (Wildman–Crippen LogP) is 0.971. The second-order valence-corrected chi connectivity index (χ2v) is 5.16. The lowest BCUT2D eigenvalue weighted by atomic mass is 9.81. The van der Waals surface area contributed by atoms with E-state index in [4.69, 9.17) is 5.26 Å². The van der Waals surface area contributed by atoms with Crippen molar-refractivity contribution in [3.05, 3.63) is 11.8 Å². The van der Waals surface area contributed by atoms with Gasteiger partial charge in [-0.05, 0) is 12.8 Å². The summed E-state index contributed by atoms with van der Waals surface area (Å²) in [5.41, 5.74) is 0.267. The molecule has 1 saturated heterocycles. The number of carbonyl (C=O) groups excluding carboxylic acids is 2. The third-order valence-electron chi connectivity index (χ3n) is 3.98. The number of fused-ring (bicyclic) bond motifs is 1. The molecule has 19 heavy (non-hydrogen) atoms. The molecule has 0 N–H and O–H groups in total. The molecule has 1 aliphatic carbocycles. The minimum atomic E-state index is -0.213. The lowest BCUT2D eigenvalue weighted by Gasteiger charge is -2.19. The number of imide groups is 1. The molecule has 6 heteroatoms. The van der Waals surface area contributed by atoms with E-state index in [1.54, 1.807) is 7.05 Å². The molecular weight excluding hydrogens is 244 g/mol. The molecule has 2 fully saturated rings. The number of nitrogens with zero attached hydrogens (tertiary/aromatic N) is 4. The van der Waals surface area contributed by atoms with Gasteiger partial charge in [0.2, 0.25) is 11.8 Å². The molecule has 3 rings (SSSR count). The molecule has 1 aromatic heterocycles. The zero-order valence-corrected chi connectivity index (χ0v) is 10.7. The van der Waals surface area contributed by atoms with Gasteiger partial charge in [-0.15, -0.1) is 0 Å². The second kappa shape index (κ2) is 4.19. The molecule has 6 nitrogen and oxygen atoms in total. The average molecular weight is 258 g/mol. The number of rotatable bonds is 1. The number of hydrogen-bond donors (Lipinski definition) is 0. The number of anilines is 1. The van der Waals surface area contributed by atoms with Gasteiger partial charge in [-0.25, -0.2) is 4.90 Å². The van der Waals surface area contributed by atoms with Crippen molar-refractivity contribution >= 4 is 17.6 Å². The van der Waals surface area contributed by atoms with E-state index in [9.17, 15) is 9.59 Å². The SMILES string of the molecule is Cn1cc(C#N)c(N2C(=O)C3CCCCC3C2=O)n1. The zero-order valence-electron chi connectivity index (χ0n) is 10.7. The third-order valence-corrected chi connectivity index (χ3v) is 3.98. The standard InChI is InChI=1S/C13H14N4O2/c1-16-7-8(6-14)11(15-16)17-12(18)9-4-2-3-5-10(9)13(17)19/h7,9-10H,2-5H2,1H3. The number of carbonyl (C=O) groups is 2. The quantitative estimate of drug-likeness (QED) is 0.703. The fourth-order valence-electron chi connectivity index (χ4n) is 3.09. The first kappa shape index (κ1) is 11.9. The Morgan fingerprint density at radius 1 is 1.26 bits per heavy atom. The Labute approximate surface area is 110 Å². The summed E-state index contributed by atoms with van der Waals surface area (Å²) in [7, 11) is 1.67. The van der Waals surface area contributed by atoms with Crippen molar-refractivity contribution in [3.8, 4) is 6.07 Å². The largest absolute Gasteiger partial charge is 0.274 e. The van der Waals surface area contributed by atoms with E-state index in [0.29, 0.717) is 0 Å². The number of aryl methyl sites for hydroxylation is 1. The highest BCUT2D eigenvalue weighted by atomic mass is 16.2. The van der Waals surface area contributed by atoms with Crippen LogP contribution in [-0.2, 0) is 16.6 Å². The maximum absolute atomic E-state index is 12.4. The van der Waals surface area contributed by atoms with E-state index in [2.05, 4.69) is 5.10 Å². The molecular formula is C13H14N4O2. The van der Waals surface area contributed by atoms with E-state index in [-0.39, 0.29) is 35.0 Å². The normalized spacial score (nSPS) is 26.4. The summed E-state index contributed by atoms with van der Waals surface area (Å²) in [6.07, 6.45) is 5.03. The summed E-state index contributed by atoms with van der Waals surface area (Å²) in [5.74, 6) is -0.617. The van der Waals surface area contributed by atoms with Gasteiger partial charge in [0.05, 0.1) is 11.8 Å². The van der Waals surface area contributed by atoms with Crippen molar-refractivity contribution in [1.82, 2.24) is 9.78 Å². The van der Waals surface area contributed by atoms with Crippen LogP contribution in [0.1, 0.15) is 31.2 Å². The van der Waals surface area contributed by atoms with Crippen LogP contribution in [0.2, 0.25) is 0 Å². The summed E-state index contributed by atoms with van der Waals surface area (Å²) in [4.78, 5) is 25.9. The predicted molar refractivity (Wildman–Crippen MR) is 65.9 cm³/mol. The summed E-state index contributed by atoms with van der Waals surface area (Å²) >= 11 is 0. The van der Waals surface area contributed by atoms with Gasteiger partial charge in [0.15, 0.2) is 5.82 Å². The number of hydrogen-bond acceptors (Lipinski definition) is 4. The van der Waals surface area contributed by atoms with Gasteiger partial charge in [0, 0.05) is 13.2 Å². The Kier molecular flexibility index (Phi) is 2.63. The highest BCUT2D eigenvalue weighted by Gasteiger charge is 2.50. The average Bonchev–Trinajstić information content (AvgIpc) is 2.90. The minimum absolute atomic E-state index is 0.189. The van der Waals surface area contributed by atoms with Crippen LogP contribution in [0.4, 0.5) is 5.82 Å². The van der Waals surface area contributed by atoms with Gasteiger partial charge in [0.1, 0.15) is 11.6 Å². The molecule has 98 valence electrons. The molecule has 2 heterocycles. The molecule has 2 atom stereocenters. The minimum Gasteiger partial charge on any atom is -0.274 e. The maximum Gasteiger partial charge on any atom is 0.238 e. The number of aromatic nitrogens is 2. The lowest BCUT2D eigenvalue weighted by molar-refractivity contribution is -0.122. The van der Waals surface area contributed by atoms with Crippen LogP contribution in [0.15, 0.2) is 6.20 Å². The second-order valence-electron chi connectivity index (χ2n) is 5.16. The molecule has 0 spiro atoms. The summed E-state index contributed by atoms with van der Waals surface area (Å²) in [6.45, 7) is 0. The van der Waals surface area contributed by atoms with Crippen LogP contribution < -0.4 is 4.90 Å². The molecule has 0 aromatic carbocycles. The van der Waals surface area contributed by atoms with Gasteiger partial charge in [-0.3, -0.25) is 14.3 Å². The van der Waals surface area contributed by atoms with Crippen molar-refractivity contribution in [1.29, 1.82) is 5.26 Å². The first-order valence-electron chi connectivity index (χ1n) is 6.45. The third kappa shape index (κ3) is 1.65. The van der Waals surface area contributed by atoms with Crippen molar-refractivity contribution in [2.45, 2.75) is 25.7 Å². The summed E-state index contributed by atoms with van der Waals surface area (Å²) < 4.78 is 1.45. The van der Waals surface area contributed by atoms with Gasteiger partial charge in [0.25, 0.3) is 0 Å². The lowest BCUT2D eigenvalue weighted by Crippen LogP contribution is -2.32. The molecule has 2 amide bonds. The highest BCUT2D eigenvalue weighted by Crippen LogP contribution is 2.40. The summed E-state index contributed by atoms with van der Waals surface area (Å²) in [6, 6.07) is 1.99. The van der Waals surface area contributed by atoms with Crippen LogP contribution in [0.25, 0.3) is 0 Å². The van der Waals surface area contributed by atoms with Crippen LogP contribution >= 0.6 is 0 Å². The van der Waals surface area contributed by atoms with Gasteiger partial charge in [-0.1, -0.05) is 12.8 Å². The fourth-order valence-corrected chi connectivity index (χ4v) is 3.09. The Hall–Kier alpha value is -2.16. The number of amides is 2. The van der Waals surface area contributed by atoms with E-state index >= 15 is 0 Å². The molecule has 0 radical (unpaired) electrons. The molecule has 1 aromatic rings. The van der Waals surface area contributed by atoms with Crippen LogP contribution in [0, 0.1) is 23.2 Å². The van der Waals surface area contributed by atoms with E-state index in [0.717, 1.165) is 30.6 Å². The van der Waals surface area contributed by atoms with E-state index in [1.807, 2.05) is 6.07 Å². The van der Waals surface area contributed by atoms with E-state index in [1.165, 1.54) is 10.9 Å². The highest BCUT2D eigenvalue weighted by molar-refractivity contribution is 6.22. The molecule has 1 aliphatic heterocycles. The topological polar surface area (TPSA) is 79.0 Å². The Morgan fingerprint density at radius 2 is 1.84 bits per heavy atom. The number of nitriles is 1. The Balaban J connectivity index is 2.03. The van der Waals surface area contributed by atoms with Crippen molar-refractivity contribution in [2.75, 3.05) is 4.90 Å². The molecule has 2 aliphatic rings. The first-order chi connectivity index (χ1) is 9.13. The fraction of sp³-hybridized carbons (Fsp3) is 0.538. The summed E-state index contributed by atoms with van der Waals surface area (Å²) in [5, 5.41) is 13.2. The van der Waals surface area contributed by atoms with Crippen molar-refractivity contribution in [3.63, 3.8) is 0 Å². The Bertz CT molecular complexity index is 574. The maximum atomic E-state index is 12.4. The Morgan fingerprint density at radius 3 is 2.37 bits per heavy atom. The smallest absolute Gasteiger partial charge is 0.238 e. The van der Waals surface area contributed by atoms with Gasteiger partial charge >= 0.3 is 0 Å². The van der Waals surface area contributed by atoms with Crippen LogP contribution in [-0.4, -0.2) is 21.6 Å². The van der Waals surface area contributed by atoms with Gasteiger partial charge in [-0.2, -0.15) is 10.4 Å². The van der Waals surface area contributed by atoms with Crippen molar-refractivity contribution < 1.29 is 9.59 Å². The molecule has 1 saturated carbocycles. The van der Waals surface area contributed by atoms with E-state index < -0.39 is 0 Å². The van der Waals surface area contributed by atoms with Crippen LogP contribution in [0.5, 0.6) is 0 Å². The zero-order chi connectivity index (χ0) is 13.6. The first-order valence-corrected chi connectivity index (χ1v) is 6.45. The molecule has 2 unspecified atom stereocenters. The molecule has 0 bridgehead atoms. The van der Waals surface area contributed by atoms with Gasteiger partial charge < -0.3 is 0 Å².